The molecule has 0 saturated heterocycles. The summed E-state index contributed by atoms with van der Waals surface area (Å²) >= 11 is 1.32. The van der Waals surface area contributed by atoms with Crippen LogP contribution in [0.2, 0.25) is 0 Å². The third kappa shape index (κ3) is 2.48. The number of nitrogens with zero attached hydrogens (tertiary/aromatic N) is 3. The predicted octanol–water partition coefficient (Wildman–Crippen LogP) is 2.93. The molecule has 0 fully saturated rings. The zero-order chi connectivity index (χ0) is 15.9. The summed E-state index contributed by atoms with van der Waals surface area (Å²) in [6.07, 6.45) is 1.37. The number of hydrogen-bond acceptors (Lipinski definition) is 5. The fraction of sp³-hybridized carbons (Fsp3) is 0.286. The van der Waals surface area contributed by atoms with Gasteiger partial charge in [0.2, 0.25) is 0 Å². The maximum absolute atomic E-state index is 12.5. The zero-order valence-electron chi connectivity index (χ0n) is 12.5. The molecule has 1 aromatic carbocycles. The van der Waals surface area contributed by atoms with E-state index in [2.05, 4.69) is 14.8 Å². The van der Waals surface area contributed by atoms with Crippen LogP contribution in [0.4, 0.5) is 5.13 Å². The maximum atomic E-state index is 12.5. The van der Waals surface area contributed by atoms with Gasteiger partial charge in [-0.15, -0.1) is 0 Å². The van der Waals surface area contributed by atoms with Crippen LogP contribution in [0.25, 0.3) is 10.2 Å². The Morgan fingerprint density at radius 1 is 1.32 bits per heavy atom. The number of hydrogen-bond donors (Lipinski definition) is 1. The minimum absolute atomic E-state index is 0.185. The molecule has 3 rings (SSSR count). The summed E-state index contributed by atoms with van der Waals surface area (Å²) in [4.78, 5) is 4.57. The van der Waals surface area contributed by atoms with Crippen molar-refractivity contribution in [2.45, 2.75) is 32.2 Å². The second-order valence-electron chi connectivity index (χ2n) is 4.96. The van der Waals surface area contributed by atoms with Crippen LogP contribution in [0.5, 0.6) is 0 Å². The molecule has 0 unspecified atom stereocenters. The molecule has 116 valence electrons. The number of para-hydroxylation sites is 1. The number of anilines is 1. The lowest BCUT2D eigenvalue weighted by Gasteiger charge is -2.04. The van der Waals surface area contributed by atoms with E-state index in [1.54, 1.807) is 11.6 Å². The summed E-state index contributed by atoms with van der Waals surface area (Å²) in [6, 6.07) is 5.82. The molecule has 3 aromatic rings. The lowest BCUT2D eigenvalue weighted by molar-refractivity contribution is 0.598. The minimum atomic E-state index is -3.68. The second kappa shape index (κ2) is 5.36. The van der Waals surface area contributed by atoms with Gasteiger partial charge in [-0.3, -0.25) is 9.40 Å². The quantitative estimate of drug-likeness (QED) is 0.795. The summed E-state index contributed by atoms with van der Waals surface area (Å²) in [7, 11) is -3.68. The van der Waals surface area contributed by atoms with Gasteiger partial charge in [0.25, 0.3) is 10.0 Å². The molecule has 0 aliphatic heterocycles. The summed E-state index contributed by atoms with van der Waals surface area (Å²) in [5.41, 5.74) is 2.47. The van der Waals surface area contributed by atoms with Gasteiger partial charge in [0.1, 0.15) is 4.90 Å². The van der Waals surface area contributed by atoms with E-state index in [1.165, 1.54) is 17.5 Å². The van der Waals surface area contributed by atoms with Crippen LogP contribution in [-0.2, 0) is 16.6 Å². The van der Waals surface area contributed by atoms with Gasteiger partial charge < -0.3 is 0 Å². The van der Waals surface area contributed by atoms with Crippen LogP contribution in [0, 0.1) is 13.8 Å². The van der Waals surface area contributed by atoms with Gasteiger partial charge in [-0.25, -0.2) is 13.4 Å². The molecule has 0 aliphatic carbocycles. The average molecular weight is 336 g/mol. The maximum Gasteiger partial charge on any atom is 0.267 e. The Labute approximate surface area is 132 Å². The normalized spacial score (nSPS) is 12.0. The highest BCUT2D eigenvalue weighted by Crippen LogP contribution is 2.29. The van der Waals surface area contributed by atoms with Crippen molar-refractivity contribution in [1.29, 1.82) is 0 Å². The Hall–Kier alpha value is -1.93. The van der Waals surface area contributed by atoms with Crippen molar-refractivity contribution in [2.24, 2.45) is 0 Å². The van der Waals surface area contributed by atoms with Crippen molar-refractivity contribution in [3.8, 4) is 0 Å². The molecule has 0 amide bonds. The second-order valence-corrected chi connectivity index (χ2v) is 7.64. The van der Waals surface area contributed by atoms with Crippen molar-refractivity contribution in [2.75, 3.05) is 4.72 Å². The Morgan fingerprint density at radius 3 is 2.73 bits per heavy atom. The van der Waals surface area contributed by atoms with Gasteiger partial charge in [-0.2, -0.15) is 5.10 Å². The first kappa shape index (κ1) is 15.0. The third-order valence-corrected chi connectivity index (χ3v) is 6.00. The van der Waals surface area contributed by atoms with Crippen LogP contribution < -0.4 is 4.72 Å². The van der Waals surface area contributed by atoms with Gasteiger partial charge in [0.05, 0.1) is 22.1 Å². The molecule has 0 saturated carbocycles. The number of sulfonamides is 1. The number of benzene rings is 1. The fourth-order valence-electron chi connectivity index (χ4n) is 2.31. The highest BCUT2D eigenvalue weighted by atomic mass is 32.2. The molecule has 0 bridgehead atoms. The standard InChI is InChI=1S/C14H16N4O2S2/c1-4-18-10(3)12(8-15-18)22(19,20)17-14-16-13-9(2)6-5-7-11(13)21-14/h5-8H,4H2,1-3H3,(H,16,17). The number of fused-ring (bicyclic) bond motifs is 1. The zero-order valence-corrected chi connectivity index (χ0v) is 14.1. The molecular weight excluding hydrogens is 320 g/mol. The number of rotatable bonds is 4. The van der Waals surface area contributed by atoms with Gasteiger partial charge in [-0.05, 0) is 32.4 Å². The molecule has 0 radical (unpaired) electrons. The van der Waals surface area contributed by atoms with Crippen LogP contribution in [0.1, 0.15) is 18.2 Å². The van der Waals surface area contributed by atoms with Gasteiger partial charge in [0, 0.05) is 6.54 Å². The topological polar surface area (TPSA) is 76.9 Å². The first-order valence-electron chi connectivity index (χ1n) is 6.83. The van der Waals surface area contributed by atoms with Crippen molar-refractivity contribution >= 4 is 36.7 Å². The first-order valence-corrected chi connectivity index (χ1v) is 9.13. The molecule has 8 heteroatoms. The number of aromatic nitrogens is 3. The molecule has 6 nitrogen and oxygen atoms in total. The summed E-state index contributed by atoms with van der Waals surface area (Å²) in [5.74, 6) is 0. The Kier molecular flexibility index (Phi) is 3.65. The lowest BCUT2D eigenvalue weighted by atomic mass is 10.2. The van der Waals surface area contributed by atoms with Crippen LogP contribution in [-0.4, -0.2) is 23.2 Å². The summed E-state index contributed by atoms with van der Waals surface area (Å²) < 4.78 is 30.2. The largest absolute Gasteiger partial charge is 0.269 e. The molecule has 2 heterocycles. The van der Waals surface area contributed by atoms with Crippen LogP contribution in [0.3, 0.4) is 0 Å². The van der Waals surface area contributed by atoms with Crippen molar-refractivity contribution in [3.05, 3.63) is 35.7 Å². The monoisotopic (exact) mass is 336 g/mol. The van der Waals surface area contributed by atoms with E-state index < -0.39 is 10.0 Å². The molecule has 0 aliphatic rings. The van der Waals surface area contributed by atoms with E-state index in [4.69, 9.17) is 0 Å². The Balaban J connectivity index is 1.99. The van der Waals surface area contributed by atoms with Crippen LogP contribution in [0.15, 0.2) is 29.3 Å². The Bertz CT molecular complexity index is 941. The lowest BCUT2D eigenvalue weighted by Crippen LogP contribution is -2.14. The minimum Gasteiger partial charge on any atom is -0.269 e. The first-order chi connectivity index (χ1) is 10.4. The third-order valence-electron chi connectivity index (χ3n) is 3.49. The van der Waals surface area contributed by atoms with Gasteiger partial charge in [0.15, 0.2) is 5.13 Å². The van der Waals surface area contributed by atoms with E-state index >= 15 is 0 Å². The SMILES string of the molecule is CCn1ncc(S(=O)(=O)Nc2nc3c(C)cccc3s2)c1C. The molecular formula is C14H16N4O2S2. The smallest absolute Gasteiger partial charge is 0.267 e. The van der Waals surface area contributed by atoms with E-state index in [9.17, 15) is 8.42 Å². The predicted molar refractivity (Wildman–Crippen MR) is 87.8 cm³/mol. The highest BCUT2D eigenvalue weighted by molar-refractivity contribution is 7.93. The van der Waals surface area contributed by atoms with E-state index in [0.717, 1.165) is 15.8 Å². The molecule has 22 heavy (non-hydrogen) atoms. The van der Waals surface area contributed by atoms with Gasteiger partial charge >= 0.3 is 0 Å². The molecule has 0 atom stereocenters. The average Bonchev–Trinajstić information content (AvgIpc) is 3.02. The summed E-state index contributed by atoms with van der Waals surface area (Å²) in [6.45, 7) is 6.24. The number of aryl methyl sites for hydroxylation is 2. The van der Waals surface area contributed by atoms with Crippen molar-refractivity contribution in [3.63, 3.8) is 0 Å². The molecule has 2 aromatic heterocycles. The fourth-order valence-corrected chi connectivity index (χ4v) is 4.67. The number of thiazole rings is 1. The summed E-state index contributed by atoms with van der Waals surface area (Å²) in [5, 5.41) is 4.45. The molecule has 0 spiro atoms. The van der Waals surface area contributed by atoms with Crippen LogP contribution >= 0.6 is 11.3 Å². The van der Waals surface area contributed by atoms with E-state index in [-0.39, 0.29) is 4.90 Å². The Morgan fingerprint density at radius 2 is 2.09 bits per heavy atom. The molecule has 1 N–H and O–H groups in total. The van der Waals surface area contributed by atoms with E-state index in [0.29, 0.717) is 17.4 Å². The highest BCUT2D eigenvalue weighted by Gasteiger charge is 2.22. The van der Waals surface area contributed by atoms with E-state index in [1.807, 2.05) is 32.0 Å². The number of nitrogens with one attached hydrogen (secondary N) is 1. The van der Waals surface area contributed by atoms with Crippen molar-refractivity contribution in [1.82, 2.24) is 14.8 Å². The van der Waals surface area contributed by atoms with Gasteiger partial charge in [-0.1, -0.05) is 23.5 Å². The van der Waals surface area contributed by atoms with Crippen molar-refractivity contribution < 1.29 is 8.42 Å².